The summed E-state index contributed by atoms with van der Waals surface area (Å²) in [6.45, 7) is 1.45. The predicted octanol–water partition coefficient (Wildman–Crippen LogP) is 4.54. The minimum atomic E-state index is -4.67. The van der Waals surface area contributed by atoms with Crippen LogP contribution in [0.5, 0.6) is 5.75 Å². The number of carbonyl (C=O) groups excluding carboxylic acids is 1. The molecule has 162 valence electrons. The number of rotatable bonds is 6. The second kappa shape index (κ2) is 8.89. The van der Waals surface area contributed by atoms with E-state index in [1.165, 1.54) is 0 Å². The third kappa shape index (κ3) is 4.93. The average Bonchev–Trinajstić information content (AvgIpc) is 3.28. The number of piperidine rings is 1. The van der Waals surface area contributed by atoms with Crippen molar-refractivity contribution >= 4 is 6.29 Å². The molecule has 0 radical (unpaired) electrons. The molecule has 2 heterocycles. The first-order chi connectivity index (χ1) is 14.9. The number of carbonyl (C=O) groups is 1. The van der Waals surface area contributed by atoms with E-state index in [4.69, 9.17) is 4.74 Å². The van der Waals surface area contributed by atoms with Crippen molar-refractivity contribution < 1.29 is 27.2 Å². The second-order valence-corrected chi connectivity index (χ2v) is 7.29. The number of halogens is 3. The molecule has 1 aliphatic heterocycles. The van der Waals surface area contributed by atoms with Crippen molar-refractivity contribution in [3.05, 3.63) is 66.1 Å². The molecule has 0 spiro atoms. The highest BCUT2D eigenvalue weighted by Gasteiger charge is 2.38. The highest BCUT2D eigenvalue weighted by Crippen LogP contribution is 2.30. The number of aldehydes is 1. The van der Waals surface area contributed by atoms with Crippen molar-refractivity contribution in [2.75, 3.05) is 13.1 Å². The van der Waals surface area contributed by atoms with Gasteiger partial charge in [-0.3, -0.25) is 4.90 Å². The normalized spacial score (nSPS) is 16.7. The highest BCUT2D eigenvalue weighted by atomic mass is 19.4. The van der Waals surface area contributed by atoms with Crippen LogP contribution in [0, 0.1) is 0 Å². The van der Waals surface area contributed by atoms with Gasteiger partial charge in [0.05, 0.1) is 6.04 Å². The van der Waals surface area contributed by atoms with Crippen LogP contribution in [0.15, 0.2) is 59.1 Å². The molecule has 2 aromatic carbocycles. The van der Waals surface area contributed by atoms with Crippen LogP contribution in [0.25, 0.3) is 11.4 Å². The average molecular weight is 431 g/mol. The fraction of sp³-hybridized carbons (Fsp3) is 0.318. The summed E-state index contributed by atoms with van der Waals surface area (Å²) in [6.07, 6.45) is -2.19. The Labute approximate surface area is 176 Å². The number of likely N-dealkylation sites (tertiary alicyclic amines) is 1. The Morgan fingerprint density at radius 3 is 2.32 bits per heavy atom. The molecule has 6 nitrogen and oxygen atoms in total. The first kappa shape index (κ1) is 21.0. The molecule has 1 aromatic heterocycles. The molecule has 1 saturated heterocycles. The standard InChI is InChI=1S/C22H20F3N3O3/c23-22(24,25)21-26-20(27-31-21)16-6-8-17(9-7-16)30-18-10-12-28(13-11-18)19(14-29)15-4-2-1-3-5-15/h1-9,14,18-19H,10-13H2/t19-/m1/s1. The Hall–Kier alpha value is -3.20. The van der Waals surface area contributed by atoms with E-state index < -0.39 is 12.1 Å². The third-order valence-corrected chi connectivity index (χ3v) is 5.22. The lowest BCUT2D eigenvalue weighted by Crippen LogP contribution is -2.40. The molecule has 0 aliphatic carbocycles. The molecule has 3 aromatic rings. The van der Waals surface area contributed by atoms with Gasteiger partial charge >= 0.3 is 12.1 Å². The van der Waals surface area contributed by atoms with Gasteiger partial charge in [0.25, 0.3) is 0 Å². The summed E-state index contributed by atoms with van der Waals surface area (Å²) in [5, 5.41) is 3.38. The Morgan fingerprint density at radius 2 is 1.74 bits per heavy atom. The van der Waals surface area contributed by atoms with Crippen LogP contribution in [0.4, 0.5) is 13.2 Å². The molecule has 1 fully saturated rings. The first-order valence-corrected chi connectivity index (χ1v) is 9.86. The van der Waals surface area contributed by atoms with E-state index in [-0.39, 0.29) is 18.0 Å². The van der Waals surface area contributed by atoms with E-state index in [0.29, 0.717) is 11.3 Å². The maximum atomic E-state index is 12.6. The van der Waals surface area contributed by atoms with E-state index in [2.05, 4.69) is 19.6 Å². The van der Waals surface area contributed by atoms with E-state index in [9.17, 15) is 18.0 Å². The molecular formula is C22H20F3N3O3. The number of benzene rings is 2. The Kier molecular flexibility index (Phi) is 6.03. The smallest absolute Gasteiger partial charge is 0.471 e. The molecule has 0 unspecified atom stereocenters. The van der Waals surface area contributed by atoms with Gasteiger partial charge in [-0.25, -0.2) is 0 Å². The topological polar surface area (TPSA) is 68.5 Å². The van der Waals surface area contributed by atoms with E-state index >= 15 is 0 Å². The van der Waals surface area contributed by atoms with Crippen molar-refractivity contribution in [3.8, 4) is 17.1 Å². The second-order valence-electron chi connectivity index (χ2n) is 7.29. The summed E-state index contributed by atoms with van der Waals surface area (Å²) in [6, 6.07) is 15.9. The molecule has 0 saturated carbocycles. The maximum absolute atomic E-state index is 12.6. The third-order valence-electron chi connectivity index (χ3n) is 5.22. The van der Waals surface area contributed by atoms with Crippen LogP contribution in [-0.4, -0.2) is 40.5 Å². The van der Waals surface area contributed by atoms with Gasteiger partial charge < -0.3 is 14.1 Å². The van der Waals surface area contributed by atoms with Crippen molar-refractivity contribution in [3.63, 3.8) is 0 Å². The SMILES string of the molecule is O=C[C@H](c1ccccc1)N1CCC(Oc2ccc(-c3noc(C(F)(F)F)n3)cc2)CC1. The van der Waals surface area contributed by atoms with Gasteiger partial charge in [-0.05, 0) is 42.7 Å². The zero-order valence-corrected chi connectivity index (χ0v) is 16.5. The van der Waals surface area contributed by atoms with Crippen molar-refractivity contribution in [2.24, 2.45) is 0 Å². The molecule has 9 heteroatoms. The number of nitrogens with zero attached hydrogens (tertiary/aromatic N) is 3. The largest absolute Gasteiger partial charge is 0.490 e. The van der Waals surface area contributed by atoms with Gasteiger partial charge in [0.15, 0.2) is 0 Å². The summed E-state index contributed by atoms with van der Waals surface area (Å²) in [5.41, 5.74) is 1.38. The Bertz CT molecular complexity index is 998. The molecule has 1 atom stereocenters. The lowest BCUT2D eigenvalue weighted by atomic mass is 10.0. The van der Waals surface area contributed by atoms with Crippen LogP contribution in [-0.2, 0) is 11.0 Å². The van der Waals surface area contributed by atoms with Gasteiger partial charge in [-0.15, -0.1) is 0 Å². The summed E-state index contributed by atoms with van der Waals surface area (Å²) >= 11 is 0. The van der Waals surface area contributed by atoms with Crippen LogP contribution in [0.2, 0.25) is 0 Å². The molecule has 0 bridgehead atoms. The number of hydrogen-bond acceptors (Lipinski definition) is 6. The predicted molar refractivity (Wildman–Crippen MR) is 105 cm³/mol. The zero-order valence-electron chi connectivity index (χ0n) is 16.5. The number of ether oxygens (including phenoxy) is 1. The van der Waals surface area contributed by atoms with Gasteiger partial charge in [0.1, 0.15) is 18.1 Å². The highest BCUT2D eigenvalue weighted by molar-refractivity contribution is 5.61. The Balaban J connectivity index is 1.34. The zero-order chi connectivity index (χ0) is 21.8. The van der Waals surface area contributed by atoms with Crippen LogP contribution >= 0.6 is 0 Å². The van der Waals surface area contributed by atoms with E-state index in [1.54, 1.807) is 24.3 Å². The van der Waals surface area contributed by atoms with E-state index in [1.807, 2.05) is 30.3 Å². The minimum Gasteiger partial charge on any atom is -0.490 e. The quantitative estimate of drug-likeness (QED) is 0.534. The summed E-state index contributed by atoms with van der Waals surface area (Å²) in [4.78, 5) is 17.1. The molecular weight excluding hydrogens is 411 g/mol. The molecule has 31 heavy (non-hydrogen) atoms. The monoisotopic (exact) mass is 431 g/mol. The molecule has 1 aliphatic rings. The van der Waals surface area contributed by atoms with Gasteiger partial charge in [-0.1, -0.05) is 35.5 Å². The lowest BCUT2D eigenvalue weighted by Gasteiger charge is -2.35. The van der Waals surface area contributed by atoms with Crippen LogP contribution < -0.4 is 4.74 Å². The van der Waals surface area contributed by atoms with Gasteiger partial charge in [0, 0.05) is 18.7 Å². The van der Waals surface area contributed by atoms with Crippen molar-refractivity contribution in [1.29, 1.82) is 0 Å². The minimum absolute atomic E-state index is 0.00724. The van der Waals surface area contributed by atoms with Gasteiger partial charge in [0.2, 0.25) is 5.82 Å². The first-order valence-electron chi connectivity index (χ1n) is 9.86. The molecule has 0 amide bonds. The van der Waals surface area contributed by atoms with Crippen molar-refractivity contribution in [1.82, 2.24) is 15.0 Å². The molecule has 4 rings (SSSR count). The maximum Gasteiger partial charge on any atom is 0.471 e. The van der Waals surface area contributed by atoms with Crippen molar-refractivity contribution in [2.45, 2.75) is 31.2 Å². The van der Waals surface area contributed by atoms with Crippen LogP contribution in [0.3, 0.4) is 0 Å². The number of hydrogen-bond donors (Lipinski definition) is 0. The molecule has 0 N–H and O–H groups in total. The summed E-state index contributed by atoms with van der Waals surface area (Å²) < 4.78 is 48.1. The van der Waals surface area contributed by atoms with E-state index in [0.717, 1.165) is 37.8 Å². The fourth-order valence-electron chi connectivity index (χ4n) is 3.63. The Morgan fingerprint density at radius 1 is 1.06 bits per heavy atom. The number of aromatic nitrogens is 2. The van der Waals surface area contributed by atoms with Gasteiger partial charge in [-0.2, -0.15) is 18.2 Å². The fourth-order valence-corrected chi connectivity index (χ4v) is 3.63. The summed E-state index contributed by atoms with van der Waals surface area (Å²) in [7, 11) is 0. The number of alkyl halides is 3. The lowest BCUT2D eigenvalue weighted by molar-refractivity contribution is -0.159. The van der Waals surface area contributed by atoms with Crippen LogP contribution in [0.1, 0.15) is 30.3 Å². The summed E-state index contributed by atoms with van der Waals surface area (Å²) in [5.74, 6) is -0.900.